The number of rotatable bonds is 5. The number of aliphatic imine (C=N–C) groups is 1. The first-order valence-electron chi connectivity index (χ1n) is 8.67. The van der Waals surface area contributed by atoms with Crippen LogP contribution in [-0.4, -0.2) is 33.8 Å². The maximum atomic E-state index is 6.09. The predicted octanol–water partition coefficient (Wildman–Crippen LogP) is 4.60. The normalized spacial score (nSPS) is 18.0. The highest BCUT2D eigenvalue weighted by Gasteiger charge is 2.14. The Morgan fingerprint density at radius 1 is 1.12 bits per heavy atom. The van der Waals surface area contributed by atoms with E-state index in [4.69, 9.17) is 11.6 Å². The van der Waals surface area contributed by atoms with Crippen LogP contribution in [0.25, 0.3) is 0 Å². The van der Waals surface area contributed by atoms with E-state index >= 15 is 0 Å². The Morgan fingerprint density at radius 2 is 1.79 bits per heavy atom. The minimum absolute atomic E-state index is 0.179. The summed E-state index contributed by atoms with van der Waals surface area (Å²) in [4.78, 5) is 17.1. The molecule has 0 atom stereocenters. The van der Waals surface area contributed by atoms with E-state index in [0.717, 1.165) is 12.8 Å². The van der Waals surface area contributed by atoms with E-state index in [-0.39, 0.29) is 5.28 Å². The fourth-order valence-corrected chi connectivity index (χ4v) is 3.06. The highest BCUT2D eigenvalue weighted by molar-refractivity contribution is 6.28. The van der Waals surface area contributed by atoms with E-state index in [1.807, 2.05) is 6.08 Å². The number of allylic oxidation sites excluding steroid dienone is 3. The fourth-order valence-electron chi connectivity index (χ4n) is 2.90. The van der Waals surface area contributed by atoms with Crippen molar-refractivity contribution in [2.45, 2.75) is 57.4 Å². The summed E-state index contributed by atoms with van der Waals surface area (Å²) in [6.07, 6.45) is 15.4. The van der Waals surface area contributed by atoms with E-state index in [1.54, 1.807) is 19.2 Å². The molecule has 0 spiro atoms. The standard InChI is InChI=1S/C18H26ClN5/c1-3-4-13-15(20-2)16-22-17(19)24-18(23-16)21-14-11-9-7-5-6-8-10-12-14/h3-4,13-14H,1,5-12H2,2H3,(H,21,22,23,24). The molecule has 6 heteroatoms. The summed E-state index contributed by atoms with van der Waals surface area (Å²) in [7, 11) is 1.70. The SMILES string of the molecule is C=CC=CC(=NC)c1nc(Cl)nc(NC2CCCCCCCC2)n1. The minimum Gasteiger partial charge on any atom is -0.351 e. The largest absolute Gasteiger partial charge is 0.351 e. The maximum absolute atomic E-state index is 6.09. The van der Waals surface area contributed by atoms with Gasteiger partial charge in [-0.3, -0.25) is 4.99 Å². The molecule has 0 radical (unpaired) electrons. The molecule has 1 aliphatic carbocycles. The van der Waals surface area contributed by atoms with Crippen LogP contribution in [-0.2, 0) is 0 Å². The third kappa shape index (κ3) is 6.04. The van der Waals surface area contributed by atoms with Gasteiger partial charge >= 0.3 is 0 Å². The lowest BCUT2D eigenvalue weighted by Gasteiger charge is -2.18. The monoisotopic (exact) mass is 347 g/mol. The lowest BCUT2D eigenvalue weighted by atomic mass is 10.1. The average Bonchev–Trinajstić information content (AvgIpc) is 2.69. The lowest BCUT2D eigenvalue weighted by molar-refractivity contribution is 0.559. The number of aromatic nitrogens is 3. The molecule has 1 aliphatic rings. The van der Waals surface area contributed by atoms with Crippen LogP contribution in [0.4, 0.5) is 5.95 Å². The second kappa shape index (κ2) is 10.2. The Kier molecular flexibility index (Phi) is 7.89. The first-order valence-corrected chi connectivity index (χ1v) is 9.05. The topological polar surface area (TPSA) is 63.1 Å². The van der Waals surface area contributed by atoms with Crippen molar-refractivity contribution in [3.05, 3.63) is 35.9 Å². The number of anilines is 1. The van der Waals surface area contributed by atoms with Crippen molar-refractivity contribution >= 4 is 23.3 Å². The molecule has 0 unspecified atom stereocenters. The molecular weight excluding hydrogens is 322 g/mol. The minimum atomic E-state index is 0.179. The third-order valence-electron chi connectivity index (χ3n) is 4.16. The summed E-state index contributed by atoms with van der Waals surface area (Å²) >= 11 is 6.09. The third-order valence-corrected chi connectivity index (χ3v) is 4.33. The molecule has 0 aliphatic heterocycles. The molecule has 0 amide bonds. The molecule has 1 aromatic rings. The zero-order valence-corrected chi connectivity index (χ0v) is 15.1. The first kappa shape index (κ1) is 18.6. The van der Waals surface area contributed by atoms with Crippen molar-refractivity contribution in [3.8, 4) is 0 Å². The zero-order valence-electron chi connectivity index (χ0n) is 14.3. The van der Waals surface area contributed by atoms with Gasteiger partial charge < -0.3 is 5.32 Å². The molecule has 24 heavy (non-hydrogen) atoms. The molecular formula is C18H26ClN5. The van der Waals surface area contributed by atoms with Gasteiger partial charge in [0.25, 0.3) is 0 Å². The van der Waals surface area contributed by atoms with Crippen LogP contribution < -0.4 is 5.32 Å². The van der Waals surface area contributed by atoms with Gasteiger partial charge in [-0.15, -0.1) is 0 Å². The fraction of sp³-hybridized carbons (Fsp3) is 0.556. The van der Waals surface area contributed by atoms with Gasteiger partial charge in [0, 0.05) is 13.1 Å². The molecule has 1 saturated carbocycles. The van der Waals surface area contributed by atoms with E-state index in [2.05, 4.69) is 31.8 Å². The smallest absolute Gasteiger partial charge is 0.227 e. The highest BCUT2D eigenvalue weighted by Crippen LogP contribution is 2.19. The summed E-state index contributed by atoms with van der Waals surface area (Å²) < 4.78 is 0. The van der Waals surface area contributed by atoms with Crippen LogP contribution in [0.1, 0.15) is 57.2 Å². The summed E-state index contributed by atoms with van der Waals surface area (Å²) in [5, 5.41) is 3.63. The van der Waals surface area contributed by atoms with E-state index < -0.39 is 0 Å². The van der Waals surface area contributed by atoms with Crippen molar-refractivity contribution < 1.29 is 0 Å². The second-order valence-electron chi connectivity index (χ2n) is 6.00. The quantitative estimate of drug-likeness (QED) is 0.624. The van der Waals surface area contributed by atoms with Crippen LogP contribution in [0, 0.1) is 0 Å². The highest BCUT2D eigenvalue weighted by atomic mass is 35.5. The number of nitrogens with one attached hydrogen (secondary N) is 1. The van der Waals surface area contributed by atoms with E-state index in [9.17, 15) is 0 Å². The average molecular weight is 348 g/mol. The first-order chi connectivity index (χ1) is 11.7. The molecule has 0 aromatic carbocycles. The van der Waals surface area contributed by atoms with Crippen molar-refractivity contribution in [1.29, 1.82) is 0 Å². The molecule has 1 aromatic heterocycles. The summed E-state index contributed by atoms with van der Waals surface area (Å²) in [5.41, 5.74) is 0.650. The van der Waals surface area contributed by atoms with Crippen LogP contribution >= 0.6 is 11.6 Å². The van der Waals surface area contributed by atoms with Gasteiger partial charge in [0.15, 0.2) is 5.82 Å². The molecule has 1 fully saturated rings. The Balaban J connectivity index is 2.14. The number of nitrogens with zero attached hydrogens (tertiary/aromatic N) is 4. The Labute approximate surface area is 149 Å². The molecule has 0 bridgehead atoms. The summed E-state index contributed by atoms with van der Waals surface area (Å²) in [6, 6.07) is 0.389. The number of halogens is 1. The zero-order chi connectivity index (χ0) is 17.2. The van der Waals surface area contributed by atoms with Gasteiger partial charge in [-0.1, -0.05) is 57.3 Å². The number of hydrogen-bond donors (Lipinski definition) is 1. The van der Waals surface area contributed by atoms with Crippen molar-refractivity contribution in [3.63, 3.8) is 0 Å². The van der Waals surface area contributed by atoms with Crippen LogP contribution in [0.15, 0.2) is 29.8 Å². The Morgan fingerprint density at radius 3 is 2.42 bits per heavy atom. The van der Waals surface area contributed by atoms with Crippen molar-refractivity contribution in [1.82, 2.24) is 15.0 Å². The lowest BCUT2D eigenvalue weighted by Crippen LogP contribution is -2.22. The van der Waals surface area contributed by atoms with Crippen molar-refractivity contribution in [2.24, 2.45) is 4.99 Å². The Bertz CT molecular complexity index is 587. The van der Waals surface area contributed by atoms with Gasteiger partial charge in [-0.25, -0.2) is 0 Å². The molecule has 5 nitrogen and oxygen atoms in total. The molecule has 130 valence electrons. The van der Waals surface area contributed by atoms with Crippen LogP contribution in [0.2, 0.25) is 5.28 Å². The summed E-state index contributed by atoms with van der Waals surface area (Å²) in [5.74, 6) is 1.00. The van der Waals surface area contributed by atoms with Gasteiger partial charge in [-0.2, -0.15) is 15.0 Å². The second-order valence-corrected chi connectivity index (χ2v) is 6.33. The summed E-state index contributed by atoms with van der Waals surface area (Å²) in [6.45, 7) is 3.66. The predicted molar refractivity (Wildman–Crippen MR) is 101 cm³/mol. The molecule has 1 heterocycles. The molecule has 1 N–H and O–H groups in total. The van der Waals surface area contributed by atoms with E-state index in [0.29, 0.717) is 23.5 Å². The van der Waals surface area contributed by atoms with Crippen LogP contribution in [0.5, 0.6) is 0 Å². The van der Waals surface area contributed by atoms with Crippen LogP contribution in [0.3, 0.4) is 0 Å². The van der Waals surface area contributed by atoms with Gasteiger partial charge in [0.05, 0.1) is 0 Å². The van der Waals surface area contributed by atoms with Gasteiger partial charge in [-0.05, 0) is 30.5 Å². The molecule has 0 saturated heterocycles. The molecule has 2 rings (SSSR count). The number of hydrogen-bond acceptors (Lipinski definition) is 5. The van der Waals surface area contributed by atoms with E-state index in [1.165, 1.54) is 38.5 Å². The van der Waals surface area contributed by atoms with Gasteiger partial charge in [0.2, 0.25) is 11.2 Å². The van der Waals surface area contributed by atoms with Crippen molar-refractivity contribution in [2.75, 3.05) is 12.4 Å². The maximum Gasteiger partial charge on any atom is 0.227 e. The Hall–Kier alpha value is -1.75. The van der Waals surface area contributed by atoms with Gasteiger partial charge in [0.1, 0.15) is 5.71 Å².